The van der Waals surface area contributed by atoms with Crippen LogP contribution in [0, 0.1) is 17.3 Å². The van der Waals surface area contributed by atoms with Gasteiger partial charge in [-0.1, -0.05) is 20.8 Å². The maximum atomic E-state index is 12.4. The number of nitrogens with one attached hydrogen (secondary N) is 1. The van der Waals surface area contributed by atoms with Crippen LogP contribution in [0.1, 0.15) is 52.9 Å². The van der Waals surface area contributed by atoms with Crippen LogP contribution in [-0.4, -0.2) is 37.0 Å². The number of likely N-dealkylation sites (tertiary alicyclic amines) is 1. The summed E-state index contributed by atoms with van der Waals surface area (Å²) in [5, 5.41) is 3.40. The number of piperidine rings is 2. The van der Waals surface area contributed by atoms with Crippen molar-refractivity contribution in [1.29, 1.82) is 0 Å². The van der Waals surface area contributed by atoms with Gasteiger partial charge in [-0.25, -0.2) is 0 Å². The van der Waals surface area contributed by atoms with Gasteiger partial charge in [0.05, 0.1) is 0 Å². The van der Waals surface area contributed by atoms with Gasteiger partial charge in [-0.2, -0.15) is 0 Å². The predicted octanol–water partition coefficient (Wildman–Crippen LogP) is 3.08. The Hall–Kier alpha value is -0.280. The summed E-state index contributed by atoms with van der Waals surface area (Å²) in [7, 11) is 0. The Balaban J connectivity index is 0.00000200. The molecule has 0 aromatic rings. The fourth-order valence-electron chi connectivity index (χ4n) is 3.62. The van der Waals surface area contributed by atoms with Crippen LogP contribution >= 0.6 is 12.4 Å². The molecule has 0 aromatic heterocycles. The topological polar surface area (TPSA) is 32.3 Å². The Bertz CT molecular complexity index is 314. The van der Waals surface area contributed by atoms with E-state index in [1.54, 1.807) is 0 Å². The second-order valence-electron chi connectivity index (χ2n) is 7.35. The van der Waals surface area contributed by atoms with Gasteiger partial charge in [0.1, 0.15) is 0 Å². The molecule has 0 radical (unpaired) electrons. The SMILES string of the molecule is CC(CC(=O)N1CCCC(C)(C)C1)C1CCNCC1.Cl. The minimum absolute atomic E-state index is 0. The molecule has 0 aliphatic carbocycles. The lowest BCUT2D eigenvalue weighted by atomic mass is 9.82. The largest absolute Gasteiger partial charge is 0.342 e. The molecule has 0 aromatic carbocycles. The molecule has 1 atom stereocenters. The van der Waals surface area contributed by atoms with Crippen molar-refractivity contribution in [3.05, 3.63) is 0 Å². The average Bonchev–Trinajstić information content (AvgIpc) is 2.38. The number of nitrogens with zero attached hydrogens (tertiary/aromatic N) is 1. The van der Waals surface area contributed by atoms with Crippen LogP contribution in [0.4, 0.5) is 0 Å². The predicted molar refractivity (Wildman–Crippen MR) is 86.2 cm³/mol. The van der Waals surface area contributed by atoms with E-state index in [1.165, 1.54) is 25.7 Å². The van der Waals surface area contributed by atoms with Crippen molar-refractivity contribution in [2.24, 2.45) is 17.3 Å². The molecule has 2 aliphatic rings. The monoisotopic (exact) mass is 302 g/mol. The summed E-state index contributed by atoms with van der Waals surface area (Å²) < 4.78 is 0. The van der Waals surface area contributed by atoms with Gasteiger partial charge in [0.25, 0.3) is 0 Å². The number of hydrogen-bond donors (Lipinski definition) is 1. The van der Waals surface area contributed by atoms with Gasteiger partial charge < -0.3 is 10.2 Å². The molecule has 0 bridgehead atoms. The fraction of sp³-hybridized carbons (Fsp3) is 0.938. The first-order valence-electron chi connectivity index (χ1n) is 7.96. The van der Waals surface area contributed by atoms with E-state index in [1.807, 2.05) is 0 Å². The van der Waals surface area contributed by atoms with Crippen LogP contribution in [0.5, 0.6) is 0 Å². The number of carbonyl (C=O) groups is 1. The van der Waals surface area contributed by atoms with Crippen LogP contribution < -0.4 is 5.32 Å². The third-order valence-electron chi connectivity index (χ3n) is 4.94. The molecule has 2 fully saturated rings. The van der Waals surface area contributed by atoms with Crippen molar-refractivity contribution in [1.82, 2.24) is 10.2 Å². The summed E-state index contributed by atoms with van der Waals surface area (Å²) >= 11 is 0. The molecular formula is C16H31ClN2O. The molecule has 2 saturated heterocycles. The maximum Gasteiger partial charge on any atom is 0.222 e. The highest BCUT2D eigenvalue weighted by atomic mass is 35.5. The van der Waals surface area contributed by atoms with Gasteiger partial charge in [-0.3, -0.25) is 4.79 Å². The first kappa shape index (κ1) is 17.8. The van der Waals surface area contributed by atoms with Crippen LogP contribution in [0.15, 0.2) is 0 Å². The van der Waals surface area contributed by atoms with E-state index in [0.717, 1.165) is 38.5 Å². The average molecular weight is 303 g/mol. The number of rotatable bonds is 3. The van der Waals surface area contributed by atoms with Gasteiger partial charge in [0.2, 0.25) is 5.91 Å². The Morgan fingerprint density at radius 1 is 1.35 bits per heavy atom. The highest BCUT2D eigenvalue weighted by molar-refractivity contribution is 5.85. The molecule has 2 rings (SSSR count). The summed E-state index contributed by atoms with van der Waals surface area (Å²) in [5.74, 6) is 1.67. The van der Waals surface area contributed by atoms with Gasteiger partial charge >= 0.3 is 0 Å². The summed E-state index contributed by atoms with van der Waals surface area (Å²) in [6, 6.07) is 0. The van der Waals surface area contributed by atoms with E-state index in [2.05, 4.69) is 31.0 Å². The maximum absolute atomic E-state index is 12.4. The first-order valence-corrected chi connectivity index (χ1v) is 7.96. The summed E-state index contributed by atoms with van der Waals surface area (Å²) in [4.78, 5) is 14.6. The van der Waals surface area contributed by atoms with Crippen LogP contribution in [0.25, 0.3) is 0 Å². The summed E-state index contributed by atoms with van der Waals surface area (Å²) in [6.45, 7) is 11.0. The molecule has 4 heteroatoms. The normalized spacial score (nSPS) is 24.9. The quantitative estimate of drug-likeness (QED) is 0.869. The molecule has 3 nitrogen and oxygen atoms in total. The van der Waals surface area contributed by atoms with E-state index in [4.69, 9.17) is 0 Å². The standard InChI is InChI=1S/C16H30N2O.ClH/c1-13(14-5-8-17-9-6-14)11-15(19)18-10-4-7-16(2,3)12-18;/h13-14,17H,4-12H2,1-3H3;1H. The zero-order valence-corrected chi connectivity index (χ0v) is 14.1. The molecule has 2 heterocycles. The van der Waals surface area contributed by atoms with E-state index in [-0.39, 0.29) is 12.4 Å². The summed E-state index contributed by atoms with van der Waals surface area (Å²) in [5.41, 5.74) is 0.311. The molecule has 1 unspecified atom stereocenters. The van der Waals surface area contributed by atoms with Crippen molar-refractivity contribution in [3.8, 4) is 0 Å². The molecule has 118 valence electrons. The highest BCUT2D eigenvalue weighted by Gasteiger charge is 2.30. The van der Waals surface area contributed by atoms with E-state index >= 15 is 0 Å². The van der Waals surface area contributed by atoms with Crippen molar-refractivity contribution in [2.75, 3.05) is 26.2 Å². The van der Waals surface area contributed by atoms with Crippen molar-refractivity contribution >= 4 is 18.3 Å². The molecule has 1 amide bonds. The van der Waals surface area contributed by atoms with Crippen LogP contribution in [0.3, 0.4) is 0 Å². The number of amides is 1. The van der Waals surface area contributed by atoms with Gasteiger partial charge in [-0.15, -0.1) is 12.4 Å². The van der Waals surface area contributed by atoms with Crippen molar-refractivity contribution in [2.45, 2.75) is 52.9 Å². The molecule has 20 heavy (non-hydrogen) atoms. The highest BCUT2D eigenvalue weighted by Crippen LogP contribution is 2.30. The number of halogens is 1. The first-order chi connectivity index (χ1) is 8.98. The lowest BCUT2D eigenvalue weighted by molar-refractivity contribution is -0.135. The smallest absolute Gasteiger partial charge is 0.222 e. The minimum atomic E-state index is 0. The zero-order chi connectivity index (χ0) is 13.9. The van der Waals surface area contributed by atoms with Gasteiger partial charge in [0.15, 0.2) is 0 Å². The zero-order valence-electron chi connectivity index (χ0n) is 13.3. The summed E-state index contributed by atoms with van der Waals surface area (Å²) in [6.07, 6.45) is 5.64. The number of carbonyl (C=O) groups excluding carboxylic acids is 1. The van der Waals surface area contributed by atoms with Crippen molar-refractivity contribution in [3.63, 3.8) is 0 Å². The van der Waals surface area contributed by atoms with E-state index in [0.29, 0.717) is 17.2 Å². The number of hydrogen-bond acceptors (Lipinski definition) is 2. The van der Waals surface area contributed by atoms with Crippen molar-refractivity contribution < 1.29 is 4.79 Å². The van der Waals surface area contributed by atoms with Crippen LogP contribution in [0.2, 0.25) is 0 Å². The van der Waals surface area contributed by atoms with E-state index < -0.39 is 0 Å². The third kappa shape index (κ3) is 4.92. The Kier molecular flexibility index (Phi) is 6.80. The Labute approximate surface area is 130 Å². The second-order valence-corrected chi connectivity index (χ2v) is 7.35. The fourth-order valence-corrected chi connectivity index (χ4v) is 3.62. The van der Waals surface area contributed by atoms with Gasteiger partial charge in [-0.05, 0) is 56.0 Å². The van der Waals surface area contributed by atoms with E-state index in [9.17, 15) is 4.79 Å². The molecule has 1 N–H and O–H groups in total. The lowest BCUT2D eigenvalue weighted by Gasteiger charge is -2.39. The van der Waals surface area contributed by atoms with Gasteiger partial charge in [0, 0.05) is 19.5 Å². The van der Waals surface area contributed by atoms with Crippen LogP contribution in [-0.2, 0) is 4.79 Å². The minimum Gasteiger partial charge on any atom is -0.342 e. The molecule has 0 saturated carbocycles. The molecular weight excluding hydrogens is 272 g/mol. The lowest BCUT2D eigenvalue weighted by Crippen LogP contribution is -2.44. The molecule has 0 spiro atoms. The Morgan fingerprint density at radius 2 is 2.00 bits per heavy atom. The second kappa shape index (κ2) is 7.65. The third-order valence-corrected chi connectivity index (χ3v) is 4.94. The Morgan fingerprint density at radius 3 is 2.60 bits per heavy atom. The molecule has 2 aliphatic heterocycles.